The molecular formula is C17H20BN2NaO3. The summed E-state index contributed by atoms with van der Waals surface area (Å²) in [4.78, 5) is 10.9. The minimum Gasteiger partial charge on any atom is -0.489 e. The van der Waals surface area contributed by atoms with E-state index in [9.17, 15) is 10.0 Å². The zero-order valence-electron chi connectivity index (χ0n) is 13.3. The van der Waals surface area contributed by atoms with E-state index in [1.165, 1.54) is 6.92 Å². The van der Waals surface area contributed by atoms with Gasteiger partial charge in [0, 0.05) is 6.92 Å². The fraction of sp³-hybridized carbons (Fsp3) is 0.176. The van der Waals surface area contributed by atoms with E-state index < -0.39 is 0 Å². The third kappa shape index (κ3) is 8.75. The second-order valence-corrected chi connectivity index (χ2v) is 4.49. The molecule has 0 aliphatic rings. The van der Waals surface area contributed by atoms with Gasteiger partial charge in [0.05, 0.1) is 14.4 Å². The molecule has 0 atom stereocenters. The van der Waals surface area contributed by atoms with Gasteiger partial charge in [-0.25, -0.2) is 5.06 Å². The molecule has 2 aromatic rings. The second-order valence-electron chi connectivity index (χ2n) is 4.49. The van der Waals surface area contributed by atoms with Crippen LogP contribution in [-0.2, 0) is 17.9 Å². The summed E-state index contributed by atoms with van der Waals surface area (Å²) in [6.45, 7) is 2.01. The van der Waals surface area contributed by atoms with Crippen LogP contribution >= 0.6 is 0 Å². The summed E-state index contributed by atoms with van der Waals surface area (Å²) in [5.41, 5.74) is 1.95. The van der Waals surface area contributed by atoms with Crippen molar-refractivity contribution in [1.29, 1.82) is 5.26 Å². The average Bonchev–Trinajstić information content (AvgIpc) is 2.56. The molecule has 1 N–H and O–H groups in total. The minimum atomic E-state index is -0.380. The van der Waals surface area contributed by atoms with Gasteiger partial charge in [0.1, 0.15) is 12.4 Å². The summed E-state index contributed by atoms with van der Waals surface area (Å²) in [6.07, 6.45) is 0. The molecule has 0 aliphatic heterocycles. The minimum absolute atomic E-state index is 0. The van der Waals surface area contributed by atoms with E-state index in [0.29, 0.717) is 11.7 Å². The summed E-state index contributed by atoms with van der Waals surface area (Å²) in [6, 6.07) is 17.2. The molecular weight excluding hydrogens is 314 g/mol. The smallest absolute Gasteiger partial charge is 0.489 e. The van der Waals surface area contributed by atoms with E-state index >= 15 is 0 Å². The fourth-order valence-electron chi connectivity index (χ4n) is 1.72. The summed E-state index contributed by atoms with van der Waals surface area (Å²) in [5, 5.41) is 17.5. The fourth-order valence-corrected chi connectivity index (χ4v) is 1.72. The van der Waals surface area contributed by atoms with Crippen molar-refractivity contribution in [3.8, 4) is 11.7 Å². The van der Waals surface area contributed by atoms with Crippen LogP contribution in [-0.4, -0.2) is 24.0 Å². The topological polar surface area (TPSA) is 73.6 Å². The first-order chi connectivity index (χ1) is 11.1. The standard InChI is InChI=1S/C16H17NO3.CH3BN.Na/c1-13(18)17(19)11-14-7-9-16(10-8-14)20-12-15-5-3-2-4-6-15;2-1-3;/h2-10,19H,11-12H2,1H3;2H3;/q;-1;+1. The van der Waals surface area contributed by atoms with Crippen molar-refractivity contribution in [1.82, 2.24) is 5.06 Å². The Morgan fingerprint density at radius 2 is 1.71 bits per heavy atom. The molecule has 5 nitrogen and oxygen atoms in total. The van der Waals surface area contributed by atoms with Gasteiger partial charge in [0.25, 0.3) is 0 Å². The maximum Gasteiger partial charge on any atom is 1.00 e. The summed E-state index contributed by atoms with van der Waals surface area (Å²) < 4.78 is 5.66. The van der Waals surface area contributed by atoms with Gasteiger partial charge in [-0.2, -0.15) is 5.97 Å². The van der Waals surface area contributed by atoms with E-state index in [2.05, 4.69) is 0 Å². The predicted octanol–water partition coefficient (Wildman–Crippen LogP) is -1.16. The van der Waals surface area contributed by atoms with Crippen LogP contribution in [0.1, 0.15) is 18.1 Å². The van der Waals surface area contributed by atoms with E-state index in [1.807, 2.05) is 60.6 Å². The average molecular weight is 334 g/mol. The summed E-state index contributed by atoms with van der Waals surface area (Å²) >= 11 is 0. The number of benzene rings is 2. The Kier molecular flexibility index (Phi) is 11.7. The normalized spacial score (nSPS) is 8.75. The molecule has 0 bridgehead atoms. The number of ether oxygens (including phenoxy) is 1. The van der Waals surface area contributed by atoms with Gasteiger partial charge in [-0.3, -0.25) is 15.3 Å². The number of rotatable bonds is 5. The molecule has 0 aliphatic carbocycles. The van der Waals surface area contributed by atoms with Crippen LogP contribution in [0.4, 0.5) is 0 Å². The van der Waals surface area contributed by atoms with Crippen LogP contribution in [0.25, 0.3) is 0 Å². The van der Waals surface area contributed by atoms with Crippen LogP contribution in [0.3, 0.4) is 0 Å². The molecule has 0 saturated heterocycles. The molecule has 0 radical (unpaired) electrons. The Balaban J connectivity index is 0.00000123. The van der Waals surface area contributed by atoms with Gasteiger partial charge in [-0.15, -0.1) is 0 Å². The van der Waals surface area contributed by atoms with Crippen LogP contribution in [0, 0.1) is 11.2 Å². The number of hydrogen-bond acceptors (Lipinski definition) is 4. The molecule has 0 unspecified atom stereocenters. The van der Waals surface area contributed by atoms with E-state index in [1.54, 1.807) is 0 Å². The van der Waals surface area contributed by atoms with Crippen molar-refractivity contribution in [3.63, 3.8) is 0 Å². The third-order valence-corrected chi connectivity index (χ3v) is 2.87. The Morgan fingerprint density at radius 1 is 1.17 bits per heavy atom. The Bertz CT molecular complexity index is 645. The zero-order chi connectivity index (χ0) is 17.1. The first kappa shape index (κ1) is 22.2. The van der Waals surface area contributed by atoms with Crippen molar-refractivity contribution in [3.05, 3.63) is 65.7 Å². The second kappa shape index (κ2) is 12.6. The molecule has 1 amide bonds. The number of hydroxylamine groups is 2. The zero-order valence-corrected chi connectivity index (χ0v) is 15.3. The molecule has 2 aromatic carbocycles. The van der Waals surface area contributed by atoms with Crippen molar-refractivity contribution in [2.75, 3.05) is 0 Å². The number of nitrogens with zero attached hydrogens (tertiary/aromatic N) is 2. The van der Waals surface area contributed by atoms with Gasteiger partial charge in [-0.05, 0) is 23.3 Å². The predicted molar refractivity (Wildman–Crippen MR) is 90.8 cm³/mol. The summed E-state index contributed by atoms with van der Waals surface area (Å²) in [7, 11) is 0.0694. The number of carbonyl (C=O) groups excluding carboxylic acids is 1. The SMILES string of the molecule is CC(=O)N(O)Cc1ccc(OCc2ccccc2)cc1.[BH3-]C#N.[Na+]. The van der Waals surface area contributed by atoms with Gasteiger partial charge >= 0.3 is 29.6 Å². The molecule has 0 fully saturated rings. The Hall–Kier alpha value is -1.78. The molecule has 120 valence electrons. The third-order valence-electron chi connectivity index (χ3n) is 2.87. The quantitative estimate of drug-likeness (QED) is 0.425. The number of carbonyl (C=O) groups is 1. The molecule has 0 saturated carbocycles. The van der Waals surface area contributed by atoms with Crippen LogP contribution in [0.5, 0.6) is 5.75 Å². The van der Waals surface area contributed by atoms with Crippen molar-refractivity contribution >= 4 is 13.8 Å². The molecule has 2 rings (SSSR count). The molecule has 0 spiro atoms. The number of hydrogen-bond donors (Lipinski definition) is 1. The molecule has 24 heavy (non-hydrogen) atoms. The van der Waals surface area contributed by atoms with E-state index in [4.69, 9.17) is 10.00 Å². The molecule has 0 heterocycles. The first-order valence-corrected chi connectivity index (χ1v) is 6.60. The summed E-state index contributed by atoms with van der Waals surface area (Å²) in [5.74, 6) is 2.37. The van der Waals surface area contributed by atoms with E-state index in [0.717, 1.165) is 16.9 Å². The van der Waals surface area contributed by atoms with Crippen LogP contribution in [0.2, 0.25) is 0 Å². The molecule has 7 heteroatoms. The number of amides is 1. The van der Waals surface area contributed by atoms with Crippen LogP contribution in [0.15, 0.2) is 54.6 Å². The van der Waals surface area contributed by atoms with E-state index in [-0.39, 0.29) is 49.9 Å². The van der Waals surface area contributed by atoms with Crippen LogP contribution < -0.4 is 34.3 Å². The maximum absolute atomic E-state index is 10.9. The molecule has 0 aromatic heterocycles. The monoisotopic (exact) mass is 334 g/mol. The Labute approximate surface area is 165 Å². The number of nitriles is 1. The van der Waals surface area contributed by atoms with Gasteiger partial charge < -0.3 is 4.74 Å². The first-order valence-electron chi connectivity index (χ1n) is 6.60. The van der Waals surface area contributed by atoms with Crippen molar-refractivity contribution in [2.24, 2.45) is 0 Å². The van der Waals surface area contributed by atoms with Gasteiger partial charge in [-0.1, -0.05) is 42.5 Å². The maximum atomic E-state index is 10.9. The largest absolute Gasteiger partial charge is 1.00 e. The Morgan fingerprint density at radius 3 is 2.21 bits per heavy atom. The van der Waals surface area contributed by atoms with Crippen molar-refractivity contribution < 1.29 is 44.3 Å². The van der Waals surface area contributed by atoms with Crippen molar-refractivity contribution in [2.45, 2.75) is 20.1 Å². The van der Waals surface area contributed by atoms with Gasteiger partial charge in [0.15, 0.2) is 0 Å². The van der Waals surface area contributed by atoms with Gasteiger partial charge in [0.2, 0.25) is 5.91 Å².